The van der Waals surface area contributed by atoms with Crippen LogP contribution in [0.3, 0.4) is 0 Å². The van der Waals surface area contributed by atoms with Gasteiger partial charge in [0.1, 0.15) is 5.69 Å². The summed E-state index contributed by atoms with van der Waals surface area (Å²) in [5, 5.41) is 27.3. The maximum Gasteiger partial charge on any atom is 0.309 e. The van der Waals surface area contributed by atoms with E-state index >= 15 is 0 Å². The molecule has 0 amide bonds. The van der Waals surface area contributed by atoms with E-state index < -0.39 is 33.1 Å². The van der Waals surface area contributed by atoms with Gasteiger partial charge in [0.25, 0.3) is 5.69 Å². The van der Waals surface area contributed by atoms with Gasteiger partial charge in [0.05, 0.1) is 55.5 Å². The summed E-state index contributed by atoms with van der Waals surface area (Å²) in [5.41, 5.74) is 3.11. The van der Waals surface area contributed by atoms with Crippen molar-refractivity contribution in [3.05, 3.63) is 79.9 Å². The number of ether oxygens (including phenoxy) is 6. The van der Waals surface area contributed by atoms with Crippen LogP contribution >= 0.6 is 0 Å². The smallest absolute Gasteiger partial charge is 0.309 e. The Balaban J connectivity index is 1.76. The van der Waals surface area contributed by atoms with Crippen LogP contribution in [0.5, 0.6) is 28.7 Å². The third-order valence-electron chi connectivity index (χ3n) is 6.67. The molecule has 232 valence electrons. The minimum Gasteiger partial charge on any atom is -0.493 e. The van der Waals surface area contributed by atoms with Crippen LogP contribution in [0.2, 0.25) is 0 Å². The van der Waals surface area contributed by atoms with Crippen LogP contribution in [0.15, 0.2) is 53.6 Å². The molecule has 1 N–H and O–H groups in total. The summed E-state index contributed by atoms with van der Waals surface area (Å²) < 4.78 is 32.7. The topological polar surface area (TPSA) is 183 Å². The number of esters is 1. The number of rotatable bonds is 14. The number of carbonyl (C=O) groups is 1. The van der Waals surface area contributed by atoms with Gasteiger partial charge in [0.15, 0.2) is 23.0 Å². The van der Waals surface area contributed by atoms with Gasteiger partial charge in [-0.1, -0.05) is 0 Å². The van der Waals surface area contributed by atoms with Crippen LogP contribution in [0.25, 0.3) is 0 Å². The van der Waals surface area contributed by atoms with Gasteiger partial charge < -0.3 is 28.4 Å². The third kappa shape index (κ3) is 7.06. The van der Waals surface area contributed by atoms with Crippen molar-refractivity contribution in [1.29, 1.82) is 0 Å². The van der Waals surface area contributed by atoms with Gasteiger partial charge >= 0.3 is 11.7 Å². The molecule has 15 heteroatoms. The molecule has 1 atom stereocenters. The molecule has 0 bridgehead atoms. The SMILES string of the molecule is CCOC(=O)C(CC(=NNc1ccc([N+](=O)[O-])cc1[N+](=O)[O-])c1ccc2c(c1)OCO2)Cc1cc(OC)c(OC)c(OC)c1. The number of nitro groups is 2. The summed E-state index contributed by atoms with van der Waals surface area (Å²) in [5.74, 6) is 0.886. The molecule has 1 aliphatic rings. The van der Waals surface area contributed by atoms with E-state index in [1.54, 1.807) is 37.3 Å². The van der Waals surface area contributed by atoms with Crippen molar-refractivity contribution in [2.24, 2.45) is 11.0 Å². The highest BCUT2D eigenvalue weighted by Crippen LogP contribution is 2.39. The minimum atomic E-state index is -0.782. The molecule has 3 aromatic carbocycles. The molecule has 4 rings (SSSR count). The van der Waals surface area contributed by atoms with Gasteiger partial charge in [0, 0.05) is 18.1 Å². The van der Waals surface area contributed by atoms with Crippen molar-refractivity contribution in [2.75, 3.05) is 40.2 Å². The number of carbonyl (C=O) groups excluding carboxylic acids is 1. The highest BCUT2D eigenvalue weighted by Gasteiger charge is 2.27. The number of benzene rings is 3. The molecule has 44 heavy (non-hydrogen) atoms. The molecule has 0 aliphatic carbocycles. The Morgan fingerprint density at radius 1 is 0.955 bits per heavy atom. The lowest BCUT2D eigenvalue weighted by Gasteiger charge is -2.19. The molecule has 15 nitrogen and oxygen atoms in total. The number of hydrogen-bond donors (Lipinski definition) is 1. The standard InChI is InChI=1S/C29H30N4O11/c1-5-42-29(34)19(10-17-11-26(39-2)28(41-4)27(12-17)40-3)13-22(18-6-9-24-25(14-18)44-16-43-24)31-30-21-8-7-20(32(35)36)15-23(21)33(37)38/h6-9,11-12,14-15,19,30H,5,10,13,16H2,1-4H3. The lowest BCUT2D eigenvalue weighted by Crippen LogP contribution is -2.24. The van der Waals surface area contributed by atoms with Crippen molar-refractivity contribution in [3.63, 3.8) is 0 Å². The van der Waals surface area contributed by atoms with Crippen LogP contribution in [0.1, 0.15) is 24.5 Å². The van der Waals surface area contributed by atoms with E-state index in [1.165, 1.54) is 27.4 Å². The fourth-order valence-electron chi connectivity index (χ4n) is 4.58. The minimum absolute atomic E-state index is 0.0168. The number of anilines is 1. The predicted molar refractivity (Wildman–Crippen MR) is 157 cm³/mol. The van der Waals surface area contributed by atoms with Crippen LogP contribution < -0.4 is 29.1 Å². The van der Waals surface area contributed by atoms with Gasteiger partial charge in [-0.05, 0) is 55.3 Å². The lowest BCUT2D eigenvalue weighted by atomic mass is 9.91. The molecular formula is C29H30N4O11. The molecule has 0 aromatic heterocycles. The Labute approximate surface area is 251 Å². The van der Waals surface area contributed by atoms with E-state index in [1.807, 2.05) is 0 Å². The highest BCUT2D eigenvalue weighted by atomic mass is 16.7. The lowest BCUT2D eigenvalue weighted by molar-refractivity contribution is -0.393. The molecule has 0 saturated carbocycles. The van der Waals surface area contributed by atoms with Crippen molar-refractivity contribution < 1.29 is 43.1 Å². The summed E-state index contributed by atoms with van der Waals surface area (Å²) in [4.78, 5) is 34.7. The first kappa shape index (κ1) is 31.3. The highest BCUT2D eigenvalue weighted by molar-refractivity contribution is 6.03. The number of non-ortho nitro benzene ring substituents is 1. The van der Waals surface area contributed by atoms with Gasteiger partial charge in [-0.2, -0.15) is 5.10 Å². The van der Waals surface area contributed by atoms with E-state index in [0.29, 0.717) is 45.6 Å². The molecule has 0 spiro atoms. The average Bonchev–Trinajstić information content (AvgIpc) is 3.50. The average molecular weight is 611 g/mol. The monoisotopic (exact) mass is 610 g/mol. The Hall–Kier alpha value is -5.60. The summed E-state index contributed by atoms with van der Waals surface area (Å²) in [7, 11) is 4.45. The number of hydrogen-bond acceptors (Lipinski definition) is 13. The first-order valence-corrected chi connectivity index (χ1v) is 13.3. The van der Waals surface area contributed by atoms with Gasteiger partial charge in [-0.15, -0.1) is 0 Å². The zero-order valence-electron chi connectivity index (χ0n) is 24.4. The van der Waals surface area contributed by atoms with Crippen LogP contribution in [0, 0.1) is 26.1 Å². The van der Waals surface area contributed by atoms with Crippen LogP contribution in [-0.2, 0) is 16.0 Å². The van der Waals surface area contributed by atoms with Crippen molar-refractivity contribution in [3.8, 4) is 28.7 Å². The predicted octanol–water partition coefficient (Wildman–Crippen LogP) is 4.89. The second-order valence-electron chi connectivity index (χ2n) is 9.34. The van der Waals surface area contributed by atoms with Gasteiger partial charge in [-0.3, -0.25) is 30.4 Å². The Morgan fingerprint density at radius 2 is 1.66 bits per heavy atom. The Bertz CT molecular complexity index is 1570. The van der Waals surface area contributed by atoms with Crippen LogP contribution in [-0.4, -0.2) is 56.3 Å². The number of nitrogens with one attached hydrogen (secondary N) is 1. The van der Waals surface area contributed by atoms with Crippen molar-refractivity contribution in [2.45, 2.75) is 19.8 Å². The fourth-order valence-corrected chi connectivity index (χ4v) is 4.58. The van der Waals surface area contributed by atoms with Gasteiger partial charge in [0.2, 0.25) is 12.5 Å². The number of nitrogens with zero attached hydrogens (tertiary/aromatic N) is 3. The molecule has 1 aliphatic heterocycles. The van der Waals surface area contributed by atoms with E-state index in [-0.39, 0.29) is 31.9 Å². The molecule has 0 fully saturated rings. The maximum absolute atomic E-state index is 13.3. The van der Waals surface area contributed by atoms with Crippen molar-refractivity contribution >= 4 is 28.7 Å². The largest absolute Gasteiger partial charge is 0.493 e. The van der Waals surface area contributed by atoms with Crippen LogP contribution in [0.4, 0.5) is 17.1 Å². The Morgan fingerprint density at radius 3 is 2.27 bits per heavy atom. The molecule has 1 heterocycles. The zero-order chi connectivity index (χ0) is 31.8. The number of nitro benzene ring substituents is 2. The van der Waals surface area contributed by atoms with E-state index in [4.69, 9.17) is 28.4 Å². The normalized spacial score (nSPS) is 12.7. The summed E-state index contributed by atoms with van der Waals surface area (Å²) in [6.45, 7) is 1.86. The van der Waals surface area contributed by atoms with E-state index in [9.17, 15) is 25.0 Å². The second kappa shape index (κ2) is 14.0. The van der Waals surface area contributed by atoms with Gasteiger partial charge in [-0.25, -0.2) is 0 Å². The molecule has 0 radical (unpaired) electrons. The first-order chi connectivity index (χ1) is 21.2. The molecular weight excluding hydrogens is 580 g/mol. The Kier molecular flexibility index (Phi) is 10.0. The molecule has 3 aromatic rings. The number of hydrazone groups is 1. The third-order valence-corrected chi connectivity index (χ3v) is 6.67. The maximum atomic E-state index is 13.3. The fraction of sp³-hybridized carbons (Fsp3) is 0.310. The van der Waals surface area contributed by atoms with E-state index in [0.717, 1.165) is 12.1 Å². The summed E-state index contributed by atoms with van der Waals surface area (Å²) in [6.07, 6.45) is 0.194. The van der Waals surface area contributed by atoms with Crippen molar-refractivity contribution in [1.82, 2.24) is 0 Å². The quantitative estimate of drug-likeness (QED) is 0.113. The summed E-state index contributed by atoms with van der Waals surface area (Å²) >= 11 is 0. The van der Waals surface area contributed by atoms with E-state index in [2.05, 4.69) is 10.5 Å². The first-order valence-electron chi connectivity index (χ1n) is 13.3. The molecule has 1 unspecified atom stereocenters. The molecule has 0 saturated heterocycles. The summed E-state index contributed by atoms with van der Waals surface area (Å²) in [6, 6.07) is 11.7. The number of fused-ring (bicyclic) bond motifs is 1. The zero-order valence-corrected chi connectivity index (χ0v) is 24.4. The number of methoxy groups -OCH3 is 3. The second-order valence-corrected chi connectivity index (χ2v) is 9.34.